The highest BCUT2D eigenvalue weighted by atomic mass is 28.2. The third kappa shape index (κ3) is 3.37. The van der Waals surface area contributed by atoms with E-state index in [1.165, 1.54) is 0 Å². The van der Waals surface area contributed by atoms with Crippen LogP contribution in [0.2, 0.25) is 6.55 Å². The van der Waals surface area contributed by atoms with E-state index in [2.05, 4.69) is 6.55 Å². The van der Waals surface area contributed by atoms with Crippen molar-refractivity contribution >= 4 is 19.5 Å². The lowest BCUT2D eigenvalue weighted by Gasteiger charge is -2.20. The van der Waals surface area contributed by atoms with Crippen LogP contribution >= 0.6 is 0 Å². The lowest BCUT2D eigenvalue weighted by molar-refractivity contribution is 0.191. The number of hydrogen-bond donors (Lipinski definition) is 1. The van der Waals surface area contributed by atoms with Gasteiger partial charge in [0.05, 0.1) is 5.22 Å². The van der Waals surface area contributed by atoms with Gasteiger partial charge in [-0.15, -0.1) is 0 Å². The maximum absolute atomic E-state index is 8.76. The molecule has 0 aromatic carbocycles. The van der Waals surface area contributed by atoms with Crippen LogP contribution in [0.1, 0.15) is 13.8 Å². The zero-order chi connectivity index (χ0) is 6.62. The molecule has 0 aliphatic heterocycles. The predicted octanol–water partition coefficient (Wildman–Crippen LogP) is -1.05. The van der Waals surface area contributed by atoms with Crippen molar-refractivity contribution in [2.24, 2.45) is 0 Å². The van der Waals surface area contributed by atoms with Gasteiger partial charge < -0.3 is 9.22 Å². The van der Waals surface area contributed by atoms with E-state index in [9.17, 15) is 0 Å². The molecule has 0 saturated carbocycles. The Balaban J connectivity index is 3.37. The van der Waals surface area contributed by atoms with Crippen LogP contribution in [-0.4, -0.2) is 29.5 Å². The summed E-state index contributed by atoms with van der Waals surface area (Å²) in [6.45, 7) is 5.98. The molecule has 0 unspecified atom stereocenters. The summed E-state index contributed by atoms with van der Waals surface area (Å²) in [5.74, 6) is 0. The Labute approximate surface area is 55.1 Å². The van der Waals surface area contributed by atoms with E-state index in [0.717, 1.165) is 0 Å². The van der Waals surface area contributed by atoms with Gasteiger partial charge in [-0.3, -0.25) is 0 Å². The van der Waals surface area contributed by atoms with E-state index in [0.29, 0.717) is 0 Å². The fourth-order valence-electron chi connectivity index (χ4n) is 0.436. The smallest absolute Gasteiger partial charge is 0.187 e. The second-order valence-electron chi connectivity index (χ2n) is 2.35. The number of rotatable bonds is 3. The molecule has 2 nitrogen and oxygen atoms in total. The molecule has 0 heterocycles. The highest BCUT2D eigenvalue weighted by molar-refractivity contribution is 6.33. The van der Waals surface area contributed by atoms with Gasteiger partial charge in [0.1, 0.15) is 0 Å². The molecule has 0 atom stereocenters. The fraction of sp³-hybridized carbons (Fsp3) is 1.00. The predicted molar refractivity (Wildman–Crippen MR) is 40.3 cm³/mol. The van der Waals surface area contributed by atoms with Gasteiger partial charge in [-0.1, -0.05) is 6.55 Å². The van der Waals surface area contributed by atoms with Crippen LogP contribution in [0.4, 0.5) is 0 Å². The van der Waals surface area contributed by atoms with Gasteiger partial charge in [0.25, 0.3) is 0 Å². The van der Waals surface area contributed by atoms with Crippen molar-refractivity contribution in [2.75, 3.05) is 0 Å². The first-order chi connectivity index (χ1) is 3.62. The van der Waals surface area contributed by atoms with Gasteiger partial charge in [0.15, 0.2) is 19.5 Å². The molecule has 8 heavy (non-hydrogen) atoms. The fourth-order valence-corrected chi connectivity index (χ4v) is 2.20. The second-order valence-corrected chi connectivity index (χ2v) is 5.24. The monoisotopic (exact) mass is 150 g/mol. The molecule has 0 amide bonds. The van der Waals surface area contributed by atoms with E-state index in [1.54, 1.807) is 0 Å². The SMILES string of the molecule is C[SiH2]OC(C)(C)[SiH2]O. The zero-order valence-electron chi connectivity index (χ0n) is 5.77. The molecule has 1 N–H and O–H groups in total. The Morgan fingerprint density at radius 1 is 1.50 bits per heavy atom. The van der Waals surface area contributed by atoms with Crippen LogP contribution in [-0.2, 0) is 4.43 Å². The van der Waals surface area contributed by atoms with E-state index in [1.807, 2.05) is 13.8 Å². The Bertz CT molecular complexity index is 65.1. The van der Waals surface area contributed by atoms with Crippen molar-refractivity contribution in [1.82, 2.24) is 0 Å². The molecule has 0 aliphatic rings. The molecule has 0 bridgehead atoms. The van der Waals surface area contributed by atoms with Gasteiger partial charge in [-0.05, 0) is 13.8 Å². The third-order valence-corrected chi connectivity index (χ3v) is 3.36. The molecule has 0 rings (SSSR count). The van der Waals surface area contributed by atoms with Crippen LogP contribution in [0, 0.1) is 0 Å². The highest BCUT2D eigenvalue weighted by Gasteiger charge is 2.15. The number of hydrogen-bond acceptors (Lipinski definition) is 2. The molecular formula is C4H14O2Si2. The first-order valence-corrected chi connectivity index (χ1v) is 6.20. The van der Waals surface area contributed by atoms with E-state index >= 15 is 0 Å². The quantitative estimate of drug-likeness (QED) is 0.520. The van der Waals surface area contributed by atoms with E-state index in [4.69, 9.17) is 9.22 Å². The normalized spacial score (nSPS) is 15.0. The standard InChI is InChI=1S/C4H14O2Si2/c1-4(2,8-5)6-7-3/h5H,7-8H2,1-3H3. The minimum atomic E-state index is -0.957. The van der Waals surface area contributed by atoms with Crippen molar-refractivity contribution in [3.05, 3.63) is 0 Å². The van der Waals surface area contributed by atoms with Crippen molar-refractivity contribution in [3.8, 4) is 0 Å². The van der Waals surface area contributed by atoms with E-state index in [-0.39, 0.29) is 15.0 Å². The minimum Gasteiger partial charge on any atom is -0.435 e. The summed E-state index contributed by atoms with van der Waals surface area (Å²) in [7, 11) is -1.28. The molecule has 0 aliphatic carbocycles. The molecular weight excluding hydrogens is 136 g/mol. The van der Waals surface area contributed by atoms with Gasteiger partial charge in [0.2, 0.25) is 0 Å². The molecule has 0 aromatic heterocycles. The maximum atomic E-state index is 8.76. The van der Waals surface area contributed by atoms with Crippen molar-refractivity contribution in [3.63, 3.8) is 0 Å². The summed E-state index contributed by atoms with van der Waals surface area (Å²) in [4.78, 5) is 8.76. The molecule has 0 aromatic rings. The average molecular weight is 150 g/mol. The minimum absolute atomic E-state index is 0.152. The molecule has 50 valence electrons. The van der Waals surface area contributed by atoms with Gasteiger partial charge in [0, 0.05) is 0 Å². The maximum Gasteiger partial charge on any atom is 0.187 e. The molecule has 4 heteroatoms. The Morgan fingerprint density at radius 3 is 2.12 bits per heavy atom. The molecule has 0 spiro atoms. The van der Waals surface area contributed by atoms with Crippen LogP contribution in [0.25, 0.3) is 0 Å². The van der Waals surface area contributed by atoms with Gasteiger partial charge >= 0.3 is 0 Å². The zero-order valence-corrected chi connectivity index (χ0v) is 8.60. The van der Waals surface area contributed by atoms with Gasteiger partial charge in [-0.25, -0.2) is 0 Å². The molecule has 0 radical (unpaired) electrons. The first kappa shape index (κ1) is 8.35. The van der Waals surface area contributed by atoms with E-state index < -0.39 is 9.76 Å². The van der Waals surface area contributed by atoms with Gasteiger partial charge in [-0.2, -0.15) is 0 Å². The first-order valence-electron chi connectivity index (χ1n) is 2.87. The Morgan fingerprint density at radius 2 is 2.00 bits per heavy atom. The lowest BCUT2D eigenvalue weighted by atomic mass is 10.5. The van der Waals surface area contributed by atoms with Crippen molar-refractivity contribution in [2.45, 2.75) is 25.6 Å². The van der Waals surface area contributed by atoms with Crippen molar-refractivity contribution < 1.29 is 9.22 Å². The Hall–Kier alpha value is 0.354. The Kier molecular flexibility index (Phi) is 3.54. The largest absolute Gasteiger partial charge is 0.435 e. The third-order valence-electron chi connectivity index (χ3n) is 0.916. The highest BCUT2D eigenvalue weighted by Crippen LogP contribution is 2.02. The molecule has 0 saturated heterocycles. The van der Waals surface area contributed by atoms with Crippen molar-refractivity contribution in [1.29, 1.82) is 0 Å². The van der Waals surface area contributed by atoms with Crippen LogP contribution < -0.4 is 0 Å². The molecule has 0 fully saturated rings. The van der Waals surface area contributed by atoms with Crippen LogP contribution in [0.15, 0.2) is 0 Å². The second kappa shape index (κ2) is 3.39. The van der Waals surface area contributed by atoms with Crippen LogP contribution in [0.3, 0.4) is 0 Å². The summed E-state index contributed by atoms with van der Waals surface area (Å²) in [6, 6.07) is 0. The summed E-state index contributed by atoms with van der Waals surface area (Å²) >= 11 is 0. The summed E-state index contributed by atoms with van der Waals surface area (Å²) in [6.07, 6.45) is 0. The lowest BCUT2D eigenvalue weighted by Crippen LogP contribution is -2.32. The average Bonchev–Trinajstić information content (AvgIpc) is 1.67. The van der Waals surface area contributed by atoms with Crippen LogP contribution in [0.5, 0.6) is 0 Å². The summed E-state index contributed by atoms with van der Waals surface area (Å²) < 4.78 is 5.33. The summed E-state index contributed by atoms with van der Waals surface area (Å²) in [5, 5.41) is -0.152. The topological polar surface area (TPSA) is 29.5 Å². The summed E-state index contributed by atoms with van der Waals surface area (Å²) in [5.41, 5.74) is 0.